The molecule has 3 amide bonds. The predicted molar refractivity (Wildman–Crippen MR) is 136 cm³/mol. The van der Waals surface area contributed by atoms with Gasteiger partial charge in [0.2, 0.25) is 17.7 Å². The fraction of sp³-hybridized carbons (Fsp3) is 0.667. The molecule has 2 fully saturated rings. The Morgan fingerprint density at radius 1 is 1.06 bits per heavy atom. The molecule has 2 aliphatic heterocycles. The molecule has 0 bridgehead atoms. The molecule has 0 aromatic heterocycles. The molecular weight excluding hydrogens is 444 g/mol. The summed E-state index contributed by atoms with van der Waals surface area (Å²) in [4.78, 5) is 41.9. The predicted octanol–water partition coefficient (Wildman–Crippen LogP) is 2.66. The number of piperazine rings is 1. The number of nitrogens with two attached hydrogens (primary N) is 1. The van der Waals surface area contributed by atoms with Crippen LogP contribution in [-0.4, -0.2) is 72.4 Å². The normalized spacial score (nSPS) is 20.4. The van der Waals surface area contributed by atoms with E-state index in [1.54, 1.807) is 24.3 Å². The molecular formula is C27H42N4O4. The van der Waals surface area contributed by atoms with Crippen molar-refractivity contribution in [2.24, 2.45) is 23.5 Å². The van der Waals surface area contributed by atoms with Crippen molar-refractivity contribution in [1.29, 1.82) is 0 Å². The molecule has 194 valence electrons. The number of hydrogen-bond acceptors (Lipinski definition) is 5. The first-order chi connectivity index (χ1) is 16.7. The molecule has 2 heterocycles. The lowest BCUT2D eigenvalue weighted by atomic mass is 9.94. The van der Waals surface area contributed by atoms with E-state index in [2.05, 4.69) is 33.0 Å². The number of benzene rings is 1. The average Bonchev–Trinajstić information content (AvgIpc) is 2.82. The zero-order valence-electron chi connectivity index (χ0n) is 21.7. The lowest BCUT2D eigenvalue weighted by Gasteiger charge is -2.42. The summed E-state index contributed by atoms with van der Waals surface area (Å²) in [5, 5.41) is 3.35. The Balaban J connectivity index is 1.56. The maximum atomic E-state index is 13.6. The second-order valence-corrected chi connectivity index (χ2v) is 10.8. The number of amides is 3. The summed E-state index contributed by atoms with van der Waals surface area (Å²) in [6.07, 6.45) is 3.20. The molecule has 0 radical (unpaired) electrons. The Hall–Kier alpha value is -2.61. The Labute approximate surface area is 209 Å². The van der Waals surface area contributed by atoms with Gasteiger partial charge in [0.05, 0.1) is 12.6 Å². The summed E-state index contributed by atoms with van der Waals surface area (Å²) in [5.41, 5.74) is 5.74. The van der Waals surface area contributed by atoms with Crippen LogP contribution >= 0.6 is 0 Å². The van der Waals surface area contributed by atoms with Gasteiger partial charge in [-0.15, -0.1) is 0 Å². The molecule has 3 rings (SSSR count). The molecule has 0 saturated carbocycles. The van der Waals surface area contributed by atoms with Crippen LogP contribution < -0.4 is 15.8 Å². The van der Waals surface area contributed by atoms with E-state index in [4.69, 9.17) is 10.5 Å². The van der Waals surface area contributed by atoms with Crippen molar-refractivity contribution in [3.05, 3.63) is 29.8 Å². The molecule has 0 unspecified atom stereocenters. The van der Waals surface area contributed by atoms with Crippen molar-refractivity contribution in [2.45, 2.75) is 65.5 Å². The fourth-order valence-electron chi connectivity index (χ4n) is 4.99. The van der Waals surface area contributed by atoms with Crippen LogP contribution in [0.25, 0.3) is 0 Å². The van der Waals surface area contributed by atoms with E-state index in [0.29, 0.717) is 61.7 Å². The van der Waals surface area contributed by atoms with Gasteiger partial charge in [0.25, 0.3) is 0 Å². The quantitative estimate of drug-likeness (QED) is 0.529. The van der Waals surface area contributed by atoms with E-state index in [1.807, 2.05) is 9.80 Å². The van der Waals surface area contributed by atoms with Gasteiger partial charge in [-0.05, 0) is 67.7 Å². The van der Waals surface area contributed by atoms with E-state index >= 15 is 0 Å². The summed E-state index contributed by atoms with van der Waals surface area (Å²) >= 11 is 0. The number of ether oxygens (including phenoxy) is 1. The minimum atomic E-state index is -0.456. The molecule has 35 heavy (non-hydrogen) atoms. The Morgan fingerprint density at radius 3 is 2.29 bits per heavy atom. The van der Waals surface area contributed by atoms with Gasteiger partial charge in [0.15, 0.2) is 0 Å². The van der Waals surface area contributed by atoms with Gasteiger partial charge >= 0.3 is 0 Å². The van der Waals surface area contributed by atoms with Gasteiger partial charge in [-0.25, -0.2) is 0 Å². The molecule has 3 N–H and O–H groups in total. The van der Waals surface area contributed by atoms with Crippen molar-refractivity contribution < 1.29 is 19.1 Å². The maximum absolute atomic E-state index is 13.6. The van der Waals surface area contributed by atoms with Crippen LogP contribution in [0.1, 0.15) is 63.7 Å². The number of likely N-dealkylation sites (tertiary alicyclic amines) is 1. The highest BCUT2D eigenvalue weighted by Gasteiger charge is 2.39. The Kier molecular flexibility index (Phi) is 9.55. The number of rotatable bonds is 10. The third-order valence-electron chi connectivity index (χ3n) is 6.94. The minimum Gasteiger partial charge on any atom is -0.493 e. The van der Waals surface area contributed by atoms with Gasteiger partial charge < -0.3 is 25.6 Å². The number of carbonyl (C=O) groups excluding carboxylic acids is 3. The van der Waals surface area contributed by atoms with Crippen LogP contribution in [0, 0.1) is 17.8 Å². The van der Waals surface area contributed by atoms with Crippen molar-refractivity contribution >= 4 is 17.7 Å². The van der Waals surface area contributed by atoms with Crippen molar-refractivity contribution in [2.75, 3.05) is 32.8 Å². The van der Waals surface area contributed by atoms with Gasteiger partial charge in [-0.1, -0.05) is 27.7 Å². The van der Waals surface area contributed by atoms with Crippen LogP contribution in [0.4, 0.5) is 0 Å². The van der Waals surface area contributed by atoms with Gasteiger partial charge in [0.1, 0.15) is 11.8 Å². The maximum Gasteiger partial charge on any atom is 0.248 e. The van der Waals surface area contributed by atoms with Crippen LogP contribution in [0.2, 0.25) is 0 Å². The topological polar surface area (TPSA) is 105 Å². The van der Waals surface area contributed by atoms with Crippen molar-refractivity contribution in [3.8, 4) is 5.75 Å². The molecule has 2 atom stereocenters. The zero-order valence-corrected chi connectivity index (χ0v) is 21.7. The largest absolute Gasteiger partial charge is 0.493 e. The molecule has 8 nitrogen and oxygen atoms in total. The molecule has 2 aliphatic rings. The highest BCUT2D eigenvalue weighted by Crippen LogP contribution is 2.24. The Bertz CT molecular complexity index is 862. The number of carbonyl (C=O) groups is 3. The number of hydrogen-bond donors (Lipinski definition) is 2. The number of primary amides is 1. The Morgan fingerprint density at radius 2 is 1.71 bits per heavy atom. The first-order valence-electron chi connectivity index (χ1n) is 13.0. The lowest BCUT2D eigenvalue weighted by Crippen LogP contribution is -2.62. The van der Waals surface area contributed by atoms with Gasteiger partial charge in [-0.2, -0.15) is 0 Å². The first kappa shape index (κ1) is 27.0. The fourth-order valence-corrected chi connectivity index (χ4v) is 4.99. The van der Waals surface area contributed by atoms with Crippen LogP contribution in [-0.2, 0) is 9.59 Å². The lowest BCUT2D eigenvalue weighted by molar-refractivity contribution is -0.150. The SMILES string of the molecule is CC(C)C[C@@H]1NCCN([C@@H](CC(C)C)C(=O)N2CCC(COc3ccc(C(N)=O)cc3)CC2)C1=O. The molecule has 1 aromatic carbocycles. The second kappa shape index (κ2) is 12.4. The summed E-state index contributed by atoms with van der Waals surface area (Å²) in [6, 6.07) is 6.24. The zero-order chi connectivity index (χ0) is 25.5. The van der Waals surface area contributed by atoms with Crippen LogP contribution in [0.3, 0.4) is 0 Å². The third-order valence-corrected chi connectivity index (χ3v) is 6.94. The minimum absolute atomic E-state index is 0.0644. The number of nitrogens with zero attached hydrogens (tertiary/aromatic N) is 2. The van der Waals surface area contributed by atoms with E-state index < -0.39 is 11.9 Å². The van der Waals surface area contributed by atoms with E-state index in [1.165, 1.54) is 0 Å². The van der Waals surface area contributed by atoms with Crippen LogP contribution in [0.15, 0.2) is 24.3 Å². The molecule has 0 aliphatic carbocycles. The molecule has 2 saturated heterocycles. The summed E-state index contributed by atoms with van der Waals surface area (Å²) < 4.78 is 5.91. The highest BCUT2D eigenvalue weighted by molar-refractivity contribution is 5.92. The average molecular weight is 487 g/mol. The summed E-state index contributed by atoms with van der Waals surface area (Å²) in [7, 11) is 0. The summed E-state index contributed by atoms with van der Waals surface area (Å²) in [5.74, 6) is 1.49. The summed E-state index contributed by atoms with van der Waals surface area (Å²) in [6.45, 7) is 11.7. The first-order valence-corrected chi connectivity index (χ1v) is 13.0. The van der Waals surface area contributed by atoms with Crippen LogP contribution in [0.5, 0.6) is 5.75 Å². The second-order valence-electron chi connectivity index (χ2n) is 10.8. The number of piperidine rings is 1. The number of nitrogens with one attached hydrogen (secondary N) is 1. The monoisotopic (exact) mass is 486 g/mol. The molecule has 1 aromatic rings. The van der Waals surface area contributed by atoms with Crippen molar-refractivity contribution in [1.82, 2.24) is 15.1 Å². The third kappa shape index (κ3) is 7.43. The van der Waals surface area contributed by atoms with E-state index in [-0.39, 0.29) is 17.9 Å². The highest BCUT2D eigenvalue weighted by atomic mass is 16.5. The van der Waals surface area contributed by atoms with Gasteiger partial charge in [-0.3, -0.25) is 14.4 Å². The van der Waals surface area contributed by atoms with Gasteiger partial charge in [0, 0.05) is 31.7 Å². The standard InChI is InChI=1S/C27H42N4O4/c1-18(2)15-23-26(33)31(14-11-29-23)24(16-19(3)4)27(34)30-12-9-20(10-13-30)17-35-22-7-5-21(6-8-22)25(28)32/h5-8,18-20,23-24,29H,9-17H2,1-4H3,(H2,28,32)/t23-,24-/m0/s1. The van der Waals surface area contributed by atoms with E-state index in [0.717, 1.165) is 25.8 Å². The van der Waals surface area contributed by atoms with Crippen molar-refractivity contribution in [3.63, 3.8) is 0 Å². The molecule has 0 spiro atoms. The molecule has 8 heteroatoms. The van der Waals surface area contributed by atoms with E-state index in [9.17, 15) is 14.4 Å². The smallest absolute Gasteiger partial charge is 0.248 e.